The van der Waals surface area contributed by atoms with Gasteiger partial charge in [-0.25, -0.2) is 4.98 Å². The lowest BCUT2D eigenvalue weighted by atomic mass is 10.0. The number of pyridine rings is 1. The van der Waals surface area contributed by atoms with Crippen LogP contribution in [0.4, 0.5) is 0 Å². The van der Waals surface area contributed by atoms with Crippen LogP contribution < -0.4 is 0 Å². The molecule has 1 aliphatic rings. The Kier molecular flexibility index (Phi) is 3.89. The van der Waals surface area contributed by atoms with Gasteiger partial charge in [-0.3, -0.25) is 4.90 Å². The highest BCUT2D eigenvalue weighted by Gasteiger charge is 2.24. The fraction of sp³-hybridized carbons (Fsp3) is 0.533. The Hall–Kier alpha value is -1.11. The van der Waals surface area contributed by atoms with E-state index in [0.717, 1.165) is 5.69 Å². The van der Waals surface area contributed by atoms with Crippen molar-refractivity contribution in [2.45, 2.75) is 38.5 Å². The summed E-state index contributed by atoms with van der Waals surface area (Å²) in [5.41, 5.74) is 5.72. The number of nitrogens with zero attached hydrogens (tertiary/aromatic N) is 2. The van der Waals surface area contributed by atoms with Gasteiger partial charge in [-0.05, 0) is 32.5 Å². The summed E-state index contributed by atoms with van der Waals surface area (Å²) in [6, 6.07) is 4.72. The second-order valence-electron chi connectivity index (χ2n) is 6.08. The van der Waals surface area contributed by atoms with Crippen molar-refractivity contribution in [1.82, 2.24) is 9.88 Å². The van der Waals surface area contributed by atoms with Gasteiger partial charge in [0.15, 0.2) is 0 Å². The molecule has 0 bridgehead atoms. The molecular formula is C15H22N2Si. The molecule has 2 nitrogen and oxygen atoms in total. The summed E-state index contributed by atoms with van der Waals surface area (Å²) in [6.45, 7) is 7.99. The molecule has 1 aliphatic heterocycles. The summed E-state index contributed by atoms with van der Waals surface area (Å²) in [4.78, 5) is 6.90. The number of likely N-dealkylation sites (tertiary alicyclic amines) is 1. The van der Waals surface area contributed by atoms with Gasteiger partial charge in [-0.2, -0.15) is 0 Å². The van der Waals surface area contributed by atoms with Crippen LogP contribution in [0.1, 0.15) is 30.1 Å². The summed E-state index contributed by atoms with van der Waals surface area (Å²) < 4.78 is 0. The van der Waals surface area contributed by atoms with E-state index in [1.54, 1.807) is 0 Å². The van der Waals surface area contributed by atoms with Crippen LogP contribution in [0.5, 0.6) is 0 Å². The van der Waals surface area contributed by atoms with Gasteiger partial charge in [0, 0.05) is 17.8 Å². The molecule has 0 aliphatic carbocycles. The molecule has 1 saturated heterocycles. The highest BCUT2D eigenvalue weighted by molar-refractivity contribution is 6.83. The summed E-state index contributed by atoms with van der Waals surface area (Å²) in [5.74, 6) is 3.32. The monoisotopic (exact) mass is 258 g/mol. The second kappa shape index (κ2) is 5.25. The quantitative estimate of drug-likeness (QED) is 0.568. The zero-order valence-corrected chi connectivity index (χ0v) is 12.8. The molecule has 1 aromatic heterocycles. The normalized spacial score (nSPS) is 20.6. The van der Waals surface area contributed by atoms with Gasteiger partial charge in [-0.1, -0.05) is 31.6 Å². The summed E-state index contributed by atoms with van der Waals surface area (Å²) >= 11 is 0. The molecule has 0 spiro atoms. The first-order chi connectivity index (χ1) is 8.47. The van der Waals surface area contributed by atoms with Crippen LogP contribution in [-0.2, 0) is 0 Å². The fourth-order valence-electron chi connectivity index (χ4n) is 2.34. The summed E-state index contributed by atoms with van der Waals surface area (Å²) in [7, 11) is 0.861. The predicted molar refractivity (Wildman–Crippen MR) is 79.1 cm³/mol. The molecule has 2 heterocycles. The van der Waals surface area contributed by atoms with Crippen LogP contribution in [0.2, 0.25) is 19.6 Å². The summed E-state index contributed by atoms with van der Waals surface area (Å²) in [6.07, 6.45) is 4.35. The number of rotatable bonds is 1. The standard InChI is InChI=1S/C15H22N2Si/c1-17-11-6-8-15(17)13-7-5-10-16-14(13)9-12-18(2,3)4/h5,7,10,15H,6,8,11H2,1-4H3. The first-order valence-electron chi connectivity index (χ1n) is 6.66. The van der Waals surface area contributed by atoms with E-state index < -0.39 is 8.07 Å². The van der Waals surface area contributed by atoms with Gasteiger partial charge in [0.05, 0.1) is 0 Å². The molecule has 1 atom stereocenters. The minimum atomic E-state index is -1.33. The van der Waals surface area contributed by atoms with Gasteiger partial charge in [0.25, 0.3) is 0 Å². The van der Waals surface area contributed by atoms with Gasteiger partial charge < -0.3 is 0 Å². The van der Waals surface area contributed by atoms with Crippen molar-refractivity contribution in [2.75, 3.05) is 13.6 Å². The first-order valence-corrected chi connectivity index (χ1v) is 10.2. The number of hydrogen-bond acceptors (Lipinski definition) is 2. The van der Waals surface area contributed by atoms with Crippen molar-refractivity contribution in [3.63, 3.8) is 0 Å². The van der Waals surface area contributed by atoms with Crippen LogP contribution in [0.25, 0.3) is 0 Å². The molecule has 1 fully saturated rings. The van der Waals surface area contributed by atoms with Gasteiger partial charge in [0.2, 0.25) is 0 Å². The molecule has 18 heavy (non-hydrogen) atoms. The molecule has 0 aromatic carbocycles. The maximum Gasteiger partial charge on any atom is 0.129 e. The lowest BCUT2D eigenvalue weighted by Gasteiger charge is -2.20. The second-order valence-corrected chi connectivity index (χ2v) is 10.8. The Morgan fingerprint density at radius 2 is 2.17 bits per heavy atom. The highest BCUT2D eigenvalue weighted by atomic mass is 28.3. The first kappa shape index (κ1) is 13.3. The van der Waals surface area contributed by atoms with Crippen molar-refractivity contribution in [2.24, 2.45) is 0 Å². The molecule has 0 amide bonds. The van der Waals surface area contributed by atoms with Crippen LogP contribution in [0.3, 0.4) is 0 Å². The molecule has 96 valence electrons. The minimum absolute atomic E-state index is 0.504. The summed E-state index contributed by atoms with van der Waals surface area (Å²) in [5, 5.41) is 0. The molecule has 2 rings (SSSR count). The maximum absolute atomic E-state index is 4.48. The van der Waals surface area contributed by atoms with Crippen molar-refractivity contribution in [3.05, 3.63) is 29.6 Å². The molecule has 0 radical (unpaired) electrons. The van der Waals surface area contributed by atoms with Crippen molar-refractivity contribution in [1.29, 1.82) is 0 Å². The maximum atomic E-state index is 4.48. The third kappa shape index (κ3) is 3.21. The van der Waals surface area contributed by atoms with Crippen molar-refractivity contribution in [3.8, 4) is 11.5 Å². The zero-order valence-electron chi connectivity index (χ0n) is 11.8. The SMILES string of the molecule is CN1CCCC1c1cccnc1C#C[Si](C)(C)C. The average molecular weight is 258 g/mol. The lowest BCUT2D eigenvalue weighted by Crippen LogP contribution is -2.19. The van der Waals surface area contributed by atoms with Gasteiger partial charge >= 0.3 is 0 Å². The Labute approximate surface area is 111 Å². The van der Waals surface area contributed by atoms with Crippen LogP contribution in [0.15, 0.2) is 18.3 Å². The van der Waals surface area contributed by atoms with Crippen LogP contribution in [0, 0.1) is 11.5 Å². The minimum Gasteiger partial charge on any atom is -0.299 e. The predicted octanol–water partition coefficient (Wildman–Crippen LogP) is 3.08. The molecule has 0 N–H and O–H groups in total. The Morgan fingerprint density at radius 1 is 1.39 bits per heavy atom. The number of hydrogen-bond donors (Lipinski definition) is 0. The third-order valence-electron chi connectivity index (χ3n) is 3.27. The molecule has 0 saturated carbocycles. The van der Waals surface area contributed by atoms with E-state index in [1.807, 2.05) is 12.3 Å². The van der Waals surface area contributed by atoms with E-state index in [4.69, 9.17) is 0 Å². The van der Waals surface area contributed by atoms with Gasteiger partial charge in [-0.15, -0.1) is 5.54 Å². The molecule has 3 heteroatoms. The van der Waals surface area contributed by atoms with E-state index in [-0.39, 0.29) is 0 Å². The fourth-order valence-corrected chi connectivity index (χ4v) is 2.83. The molecular weight excluding hydrogens is 236 g/mol. The van der Waals surface area contributed by atoms with E-state index in [1.165, 1.54) is 24.9 Å². The Balaban J connectivity index is 2.33. The van der Waals surface area contributed by atoms with E-state index in [9.17, 15) is 0 Å². The van der Waals surface area contributed by atoms with Crippen molar-refractivity contribution >= 4 is 8.07 Å². The smallest absolute Gasteiger partial charge is 0.129 e. The highest BCUT2D eigenvalue weighted by Crippen LogP contribution is 2.31. The topological polar surface area (TPSA) is 16.1 Å². The lowest BCUT2D eigenvalue weighted by molar-refractivity contribution is 0.316. The zero-order chi connectivity index (χ0) is 13.2. The van der Waals surface area contributed by atoms with E-state index in [2.05, 4.69) is 54.1 Å². The van der Waals surface area contributed by atoms with E-state index >= 15 is 0 Å². The Bertz CT molecular complexity index is 479. The third-order valence-corrected chi connectivity index (χ3v) is 4.15. The molecule has 1 aromatic rings. The Morgan fingerprint density at radius 3 is 2.78 bits per heavy atom. The number of aromatic nitrogens is 1. The van der Waals surface area contributed by atoms with Gasteiger partial charge in [0.1, 0.15) is 13.8 Å². The molecule has 1 unspecified atom stereocenters. The van der Waals surface area contributed by atoms with E-state index in [0.29, 0.717) is 6.04 Å². The van der Waals surface area contributed by atoms with Crippen molar-refractivity contribution < 1.29 is 0 Å². The average Bonchev–Trinajstić information content (AvgIpc) is 2.72. The van der Waals surface area contributed by atoms with Crippen LogP contribution >= 0.6 is 0 Å². The van der Waals surface area contributed by atoms with Crippen LogP contribution in [-0.4, -0.2) is 31.6 Å². The largest absolute Gasteiger partial charge is 0.299 e.